The van der Waals surface area contributed by atoms with Gasteiger partial charge in [0.25, 0.3) is 0 Å². The average molecular weight is 285 g/mol. The van der Waals surface area contributed by atoms with Gasteiger partial charge in [-0.1, -0.05) is 39.0 Å². The van der Waals surface area contributed by atoms with Crippen molar-refractivity contribution < 1.29 is 0 Å². The number of hydrogen-bond acceptors (Lipinski definition) is 5. The number of rotatable bonds is 6. The van der Waals surface area contributed by atoms with E-state index in [0.717, 1.165) is 17.9 Å². The fourth-order valence-corrected chi connectivity index (χ4v) is 2.02. The van der Waals surface area contributed by atoms with Gasteiger partial charge >= 0.3 is 0 Å². The van der Waals surface area contributed by atoms with E-state index in [9.17, 15) is 0 Å². The number of aromatic nitrogens is 3. The van der Waals surface area contributed by atoms with E-state index >= 15 is 0 Å². The molecule has 0 aliphatic carbocycles. The standard InChI is InChI=1S/C16H23N5/c1-5-12(4)18-15-10-17-21-16(20-15)19-14-9-7-6-8-13(14)11(2)3/h6-12H,5H2,1-4H3,(H2,18,19,20,21). The normalized spacial score (nSPS) is 12.2. The Morgan fingerprint density at radius 1 is 1.14 bits per heavy atom. The van der Waals surface area contributed by atoms with Crippen molar-refractivity contribution in [3.05, 3.63) is 36.0 Å². The first-order chi connectivity index (χ1) is 10.1. The van der Waals surface area contributed by atoms with Gasteiger partial charge in [0, 0.05) is 11.7 Å². The zero-order valence-corrected chi connectivity index (χ0v) is 13.1. The maximum absolute atomic E-state index is 4.46. The minimum Gasteiger partial charge on any atom is -0.366 e. The van der Waals surface area contributed by atoms with E-state index in [-0.39, 0.29) is 0 Å². The number of para-hydroxylation sites is 1. The molecule has 21 heavy (non-hydrogen) atoms. The summed E-state index contributed by atoms with van der Waals surface area (Å²) in [7, 11) is 0. The molecule has 2 aromatic rings. The van der Waals surface area contributed by atoms with Crippen molar-refractivity contribution in [2.24, 2.45) is 0 Å². The first-order valence-corrected chi connectivity index (χ1v) is 7.42. The van der Waals surface area contributed by atoms with Gasteiger partial charge in [0.2, 0.25) is 5.95 Å². The summed E-state index contributed by atoms with van der Waals surface area (Å²) in [5.41, 5.74) is 2.26. The molecule has 0 bridgehead atoms. The van der Waals surface area contributed by atoms with Crippen LogP contribution in [-0.4, -0.2) is 21.2 Å². The molecule has 2 rings (SSSR count). The second kappa shape index (κ2) is 7.02. The van der Waals surface area contributed by atoms with Gasteiger partial charge in [-0.15, -0.1) is 5.10 Å². The molecule has 0 spiro atoms. The summed E-state index contributed by atoms with van der Waals surface area (Å²) in [6.07, 6.45) is 2.68. The summed E-state index contributed by atoms with van der Waals surface area (Å²) in [5.74, 6) is 1.68. The monoisotopic (exact) mass is 285 g/mol. The van der Waals surface area contributed by atoms with E-state index in [1.165, 1.54) is 5.56 Å². The van der Waals surface area contributed by atoms with Crippen LogP contribution in [0, 0.1) is 0 Å². The van der Waals surface area contributed by atoms with Crippen LogP contribution >= 0.6 is 0 Å². The van der Waals surface area contributed by atoms with Crippen LogP contribution in [0.2, 0.25) is 0 Å². The molecule has 5 heteroatoms. The van der Waals surface area contributed by atoms with Crippen molar-refractivity contribution in [1.29, 1.82) is 0 Å². The Labute approximate surface area is 126 Å². The molecule has 0 amide bonds. The molecule has 112 valence electrons. The maximum atomic E-state index is 4.46. The quantitative estimate of drug-likeness (QED) is 0.841. The Hall–Kier alpha value is -2.17. The van der Waals surface area contributed by atoms with Crippen LogP contribution in [0.4, 0.5) is 17.5 Å². The third-order valence-electron chi connectivity index (χ3n) is 3.39. The summed E-state index contributed by atoms with van der Waals surface area (Å²) in [6.45, 7) is 8.58. The SMILES string of the molecule is CCC(C)Nc1cnnc(Nc2ccccc2C(C)C)n1. The Morgan fingerprint density at radius 2 is 1.90 bits per heavy atom. The third kappa shape index (κ3) is 4.15. The summed E-state index contributed by atoms with van der Waals surface area (Å²) >= 11 is 0. The summed E-state index contributed by atoms with van der Waals surface area (Å²) in [4.78, 5) is 4.46. The number of hydrogen-bond donors (Lipinski definition) is 2. The molecule has 0 aliphatic heterocycles. The van der Waals surface area contributed by atoms with Crippen molar-refractivity contribution in [1.82, 2.24) is 15.2 Å². The molecule has 0 fully saturated rings. The van der Waals surface area contributed by atoms with E-state index in [2.05, 4.69) is 59.6 Å². The van der Waals surface area contributed by atoms with E-state index in [4.69, 9.17) is 0 Å². The van der Waals surface area contributed by atoms with E-state index in [1.54, 1.807) is 6.20 Å². The minimum atomic E-state index is 0.359. The van der Waals surface area contributed by atoms with Crippen LogP contribution in [0.1, 0.15) is 45.6 Å². The molecule has 0 saturated carbocycles. The van der Waals surface area contributed by atoms with Crippen molar-refractivity contribution in [2.75, 3.05) is 10.6 Å². The Morgan fingerprint density at radius 3 is 2.62 bits per heavy atom. The van der Waals surface area contributed by atoms with E-state index < -0.39 is 0 Å². The molecule has 1 aromatic carbocycles. The molecule has 2 N–H and O–H groups in total. The molecular weight excluding hydrogens is 262 g/mol. The predicted octanol–water partition coefficient (Wildman–Crippen LogP) is 3.95. The van der Waals surface area contributed by atoms with Crippen molar-refractivity contribution in [3.8, 4) is 0 Å². The molecule has 0 radical (unpaired) electrons. The molecule has 1 aromatic heterocycles. The summed E-state index contributed by atoms with van der Waals surface area (Å²) < 4.78 is 0. The lowest BCUT2D eigenvalue weighted by Gasteiger charge is -2.14. The molecule has 1 heterocycles. The van der Waals surface area contributed by atoms with Gasteiger partial charge in [-0.05, 0) is 30.9 Å². The zero-order valence-electron chi connectivity index (χ0n) is 13.1. The van der Waals surface area contributed by atoms with Gasteiger partial charge in [-0.3, -0.25) is 0 Å². The van der Waals surface area contributed by atoms with Crippen LogP contribution in [0.5, 0.6) is 0 Å². The lowest BCUT2D eigenvalue weighted by molar-refractivity contribution is 0.755. The molecular formula is C16H23N5. The van der Waals surface area contributed by atoms with Gasteiger partial charge in [-0.2, -0.15) is 10.1 Å². The fraction of sp³-hybridized carbons (Fsp3) is 0.438. The molecule has 0 aliphatic rings. The topological polar surface area (TPSA) is 62.7 Å². The zero-order chi connectivity index (χ0) is 15.2. The van der Waals surface area contributed by atoms with Crippen LogP contribution in [0.3, 0.4) is 0 Å². The average Bonchev–Trinajstić information content (AvgIpc) is 2.48. The second-order valence-electron chi connectivity index (χ2n) is 5.49. The van der Waals surface area contributed by atoms with Gasteiger partial charge in [-0.25, -0.2) is 0 Å². The second-order valence-corrected chi connectivity index (χ2v) is 5.49. The summed E-state index contributed by atoms with van der Waals surface area (Å²) in [5, 5.41) is 14.6. The number of benzene rings is 1. The Balaban J connectivity index is 2.18. The minimum absolute atomic E-state index is 0.359. The van der Waals surface area contributed by atoms with Crippen LogP contribution in [0.25, 0.3) is 0 Å². The molecule has 1 unspecified atom stereocenters. The van der Waals surface area contributed by atoms with E-state index in [0.29, 0.717) is 17.9 Å². The highest BCUT2D eigenvalue weighted by Gasteiger charge is 2.08. The third-order valence-corrected chi connectivity index (χ3v) is 3.39. The maximum Gasteiger partial charge on any atom is 0.249 e. The number of nitrogens with one attached hydrogen (secondary N) is 2. The van der Waals surface area contributed by atoms with Crippen molar-refractivity contribution in [3.63, 3.8) is 0 Å². The predicted molar refractivity (Wildman–Crippen MR) is 87.0 cm³/mol. The number of nitrogens with zero attached hydrogens (tertiary/aromatic N) is 3. The van der Waals surface area contributed by atoms with Gasteiger partial charge in [0.1, 0.15) is 0 Å². The summed E-state index contributed by atoms with van der Waals surface area (Å²) in [6, 6.07) is 8.55. The Bertz CT molecular complexity index is 582. The lowest BCUT2D eigenvalue weighted by Crippen LogP contribution is -2.15. The smallest absolute Gasteiger partial charge is 0.249 e. The molecule has 5 nitrogen and oxygen atoms in total. The fourth-order valence-electron chi connectivity index (χ4n) is 2.02. The van der Waals surface area contributed by atoms with Crippen molar-refractivity contribution in [2.45, 2.75) is 46.1 Å². The number of anilines is 3. The van der Waals surface area contributed by atoms with Gasteiger partial charge in [0.15, 0.2) is 5.82 Å². The van der Waals surface area contributed by atoms with Gasteiger partial charge < -0.3 is 10.6 Å². The van der Waals surface area contributed by atoms with Crippen LogP contribution in [-0.2, 0) is 0 Å². The lowest BCUT2D eigenvalue weighted by atomic mass is 10.0. The van der Waals surface area contributed by atoms with Crippen molar-refractivity contribution >= 4 is 17.5 Å². The molecule has 0 saturated heterocycles. The Kier molecular flexibility index (Phi) is 5.09. The highest BCUT2D eigenvalue weighted by atomic mass is 15.3. The van der Waals surface area contributed by atoms with Crippen LogP contribution < -0.4 is 10.6 Å². The highest BCUT2D eigenvalue weighted by molar-refractivity contribution is 5.59. The first kappa shape index (κ1) is 15.2. The first-order valence-electron chi connectivity index (χ1n) is 7.42. The van der Waals surface area contributed by atoms with Gasteiger partial charge in [0.05, 0.1) is 6.20 Å². The van der Waals surface area contributed by atoms with E-state index in [1.807, 2.05) is 18.2 Å². The highest BCUT2D eigenvalue weighted by Crippen LogP contribution is 2.25. The largest absolute Gasteiger partial charge is 0.366 e. The molecule has 1 atom stereocenters. The van der Waals surface area contributed by atoms with Crippen LogP contribution in [0.15, 0.2) is 30.5 Å².